The van der Waals surface area contributed by atoms with Crippen LogP contribution in [0.1, 0.15) is 25.3 Å². The fraction of sp³-hybridized carbons (Fsp3) is 0.571. The van der Waals surface area contributed by atoms with E-state index >= 15 is 0 Å². The highest BCUT2D eigenvalue weighted by Gasteiger charge is 2.16. The molecule has 17 heavy (non-hydrogen) atoms. The molecular formula is C14H24N2O. The molecule has 1 atom stereocenters. The zero-order valence-electron chi connectivity index (χ0n) is 11.1. The smallest absolute Gasteiger partial charge is 0.0608 e. The molecule has 0 aliphatic carbocycles. The van der Waals surface area contributed by atoms with Crippen molar-refractivity contribution in [2.45, 2.75) is 32.2 Å². The molecule has 0 bridgehead atoms. The van der Waals surface area contributed by atoms with Crippen LogP contribution in [-0.4, -0.2) is 30.8 Å². The van der Waals surface area contributed by atoms with Crippen molar-refractivity contribution in [3.05, 3.63) is 29.8 Å². The first-order chi connectivity index (χ1) is 7.96. The molecule has 1 aromatic rings. The molecule has 0 saturated heterocycles. The molecule has 96 valence electrons. The van der Waals surface area contributed by atoms with Gasteiger partial charge in [-0.05, 0) is 38.3 Å². The number of hydrogen-bond acceptors (Lipinski definition) is 3. The van der Waals surface area contributed by atoms with E-state index in [2.05, 4.69) is 43.1 Å². The molecule has 1 aromatic carbocycles. The molecule has 3 nitrogen and oxygen atoms in total. The van der Waals surface area contributed by atoms with Gasteiger partial charge < -0.3 is 15.7 Å². The van der Waals surface area contributed by atoms with Crippen LogP contribution in [0.2, 0.25) is 0 Å². The van der Waals surface area contributed by atoms with Crippen molar-refractivity contribution in [3.8, 4) is 0 Å². The van der Waals surface area contributed by atoms with Crippen LogP contribution in [0.4, 0.5) is 5.69 Å². The maximum Gasteiger partial charge on any atom is 0.0608 e. The summed E-state index contributed by atoms with van der Waals surface area (Å²) in [6.07, 6.45) is 1.82. The third-order valence-corrected chi connectivity index (χ3v) is 3.13. The van der Waals surface area contributed by atoms with Crippen LogP contribution in [0, 0.1) is 6.92 Å². The lowest BCUT2D eigenvalue weighted by atomic mass is 9.98. The van der Waals surface area contributed by atoms with Crippen LogP contribution in [-0.2, 0) is 0 Å². The van der Waals surface area contributed by atoms with Gasteiger partial charge in [0.05, 0.1) is 6.61 Å². The van der Waals surface area contributed by atoms with Crippen LogP contribution in [0.5, 0.6) is 0 Å². The van der Waals surface area contributed by atoms with Crippen molar-refractivity contribution in [2.75, 3.05) is 25.1 Å². The molecule has 0 amide bonds. The van der Waals surface area contributed by atoms with Gasteiger partial charge in [-0.25, -0.2) is 0 Å². The van der Waals surface area contributed by atoms with Crippen molar-refractivity contribution in [2.24, 2.45) is 5.73 Å². The number of aryl methyl sites for hydroxylation is 1. The molecule has 0 aliphatic heterocycles. The second-order valence-corrected chi connectivity index (χ2v) is 5.12. The summed E-state index contributed by atoms with van der Waals surface area (Å²) in [5.41, 5.74) is 7.99. The Morgan fingerprint density at radius 1 is 1.35 bits per heavy atom. The highest BCUT2D eigenvalue weighted by atomic mass is 16.3. The Kier molecular flexibility index (Phi) is 4.97. The molecule has 0 spiro atoms. The molecule has 3 heteroatoms. The number of hydrogen-bond donors (Lipinski definition) is 2. The van der Waals surface area contributed by atoms with E-state index in [1.165, 1.54) is 11.3 Å². The summed E-state index contributed by atoms with van der Waals surface area (Å²) < 4.78 is 0. The maximum absolute atomic E-state index is 9.08. The lowest BCUT2D eigenvalue weighted by Crippen LogP contribution is -2.40. The molecular weight excluding hydrogens is 212 g/mol. The quantitative estimate of drug-likeness (QED) is 0.793. The molecule has 3 N–H and O–H groups in total. The van der Waals surface area contributed by atoms with Crippen molar-refractivity contribution in [1.29, 1.82) is 0 Å². The summed E-state index contributed by atoms with van der Waals surface area (Å²) in [6, 6.07) is 8.35. The minimum Gasteiger partial charge on any atom is -0.394 e. The number of benzene rings is 1. The number of nitrogens with zero attached hydrogens (tertiary/aromatic N) is 1. The molecule has 0 fully saturated rings. The predicted octanol–water partition coefficient (Wildman–Crippen LogP) is 1.92. The van der Waals surface area contributed by atoms with Gasteiger partial charge in [-0.3, -0.25) is 0 Å². The van der Waals surface area contributed by atoms with E-state index in [1.807, 2.05) is 6.92 Å². The Morgan fingerprint density at radius 3 is 2.59 bits per heavy atom. The van der Waals surface area contributed by atoms with Crippen molar-refractivity contribution in [1.82, 2.24) is 0 Å². The zero-order valence-corrected chi connectivity index (χ0v) is 11.1. The van der Waals surface area contributed by atoms with E-state index in [1.54, 1.807) is 0 Å². The highest BCUT2D eigenvalue weighted by molar-refractivity contribution is 5.52. The minimum atomic E-state index is -0.452. The van der Waals surface area contributed by atoms with Crippen LogP contribution in [0.15, 0.2) is 24.3 Å². The Labute approximate surface area is 104 Å². The van der Waals surface area contributed by atoms with Crippen molar-refractivity contribution < 1.29 is 5.11 Å². The Morgan fingerprint density at radius 2 is 2.00 bits per heavy atom. The van der Waals surface area contributed by atoms with E-state index < -0.39 is 5.54 Å². The average Bonchev–Trinajstić information content (AvgIpc) is 2.29. The van der Waals surface area contributed by atoms with Crippen LogP contribution in [0.25, 0.3) is 0 Å². The number of anilines is 1. The topological polar surface area (TPSA) is 49.5 Å². The Balaban J connectivity index is 2.46. The number of rotatable bonds is 6. The second kappa shape index (κ2) is 6.03. The second-order valence-electron chi connectivity index (χ2n) is 5.12. The maximum atomic E-state index is 9.08. The highest BCUT2D eigenvalue weighted by Crippen LogP contribution is 2.18. The fourth-order valence-electron chi connectivity index (χ4n) is 1.91. The Bertz CT molecular complexity index is 350. The number of aliphatic hydroxyl groups is 1. The van der Waals surface area contributed by atoms with E-state index in [4.69, 9.17) is 10.8 Å². The standard InChI is InChI=1S/C14H24N2O/c1-12-7-4-5-8-13(12)16(3)10-6-9-14(2,15)11-17/h4-5,7-8,17H,6,9-11,15H2,1-3H3. The summed E-state index contributed by atoms with van der Waals surface area (Å²) in [4.78, 5) is 2.24. The third kappa shape index (κ3) is 4.36. The first-order valence-corrected chi connectivity index (χ1v) is 6.13. The monoisotopic (exact) mass is 236 g/mol. The first kappa shape index (κ1) is 14.0. The van der Waals surface area contributed by atoms with Crippen molar-refractivity contribution >= 4 is 5.69 Å². The normalized spacial score (nSPS) is 14.4. The largest absolute Gasteiger partial charge is 0.394 e. The van der Waals surface area contributed by atoms with Gasteiger partial charge in [0, 0.05) is 24.8 Å². The van der Waals surface area contributed by atoms with E-state index in [9.17, 15) is 0 Å². The van der Waals surface area contributed by atoms with E-state index in [0.29, 0.717) is 0 Å². The van der Waals surface area contributed by atoms with Crippen LogP contribution < -0.4 is 10.6 Å². The lowest BCUT2D eigenvalue weighted by molar-refractivity contribution is 0.199. The van der Waals surface area contributed by atoms with Gasteiger partial charge in [0.15, 0.2) is 0 Å². The van der Waals surface area contributed by atoms with Gasteiger partial charge in [0.25, 0.3) is 0 Å². The molecule has 0 saturated carbocycles. The summed E-state index contributed by atoms with van der Waals surface area (Å²) in [5, 5.41) is 9.08. The van der Waals surface area contributed by atoms with Gasteiger partial charge in [-0.1, -0.05) is 18.2 Å². The van der Waals surface area contributed by atoms with Gasteiger partial charge in [-0.2, -0.15) is 0 Å². The molecule has 0 radical (unpaired) electrons. The van der Waals surface area contributed by atoms with Crippen LogP contribution >= 0.6 is 0 Å². The van der Waals surface area contributed by atoms with E-state index in [0.717, 1.165) is 19.4 Å². The molecule has 0 aliphatic rings. The summed E-state index contributed by atoms with van der Waals surface area (Å²) >= 11 is 0. The molecule has 0 heterocycles. The summed E-state index contributed by atoms with van der Waals surface area (Å²) in [7, 11) is 2.09. The number of aliphatic hydroxyl groups excluding tert-OH is 1. The van der Waals surface area contributed by atoms with Gasteiger partial charge in [0.1, 0.15) is 0 Å². The number of nitrogens with two attached hydrogens (primary N) is 1. The fourth-order valence-corrected chi connectivity index (χ4v) is 1.91. The van der Waals surface area contributed by atoms with Crippen LogP contribution in [0.3, 0.4) is 0 Å². The average molecular weight is 236 g/mol. The predicted molar refractivity (Wildman–Crippen MR) is 73.4 cm³/mol. The molecule has 1 unspecified atom stereocenters. The molecule has 0 aromatic heterocycles. The zero-order chi connectivity index (χ0) is 12.9. The van der Waals surface area contributed by atoms with Crippen molar-refractivity contribution in [3.63, 3.8) is 0 Å². The first-order valence-electron chi connectivity index (χ1n) is 6.13. The van der Waals surface area contributed by atoms with E-state index in [-0.39, 0.29) is 6.61 Å². The van der Waals surface area contributed by atoms with Gasteiger partial charge in [-0.15, -0.1) is 0 Å². The number of para-hydroxylation sites is 1. The summed E-state index contributed by atoms with van der Waals surface area (Å²) in [6.45, 7) is 5.01. The minimum absolute atomic E-state index is 0.0427. The third-order valence-electron chi connectivity index (χ3n) is 3.13. The molecule has 1 rings (SSSR count). The lowest BCUT2D eigenvalue weighted by Gasteiger charge is -2.25. The summed E-state index contributed by atoms with van der Waals surface area (Å²) in [5.74, 6) is 0. The SMILES string of the molecule is Cc1ccccc1N(C)CCCC(C)(N)CO. The Hall–Kier alpha value is -1.06. The van der Waals surface area contributed by atoms with Gasteiger partial charge >= 0.3 is 0 Å². The van der Waals surface area contributed by atoms with Gasteiger partial charge in [0.2, 0.25) is 0 Å².